The number of rotatable bonds is 4. The predicted molar refractivity (Wildman–Crippen MR) is 120 cm³/mol. The molecule has 0 bridgehead atoms. The summed E-state index contributed by atoms with van der Waals surface area (Å²) in [6.45, 7) is 0. The molecular formula is C24H20N4OS. The van der Waals surface area contributed by atoms with Crippen molar-refractivity contribution in [2.75, 3.05) is 5.32 Å². The zero-order chi connectivity index (χ0) is 20.3. The van der Waals surface area contributed by atoms with Gasteiger partial charge in [0, 0.05) is 16.9 Å². The molecule has 5 rings (SSSR count). The van der Waals surface area contributed by atoms with E-state index in [9.17, 15) is 4.79 Å². The lowest BCUT2D eigenvalue weighted by Gasteiger charge is -2.14. The molecule has 0 aliphatic carbocycles. The lowest BCUT2D eigenvalue weighted by molar-refractivity contribution is -0.115. The van der Waals surface area contributed by atoms with Crippen molar-refractivity contribution in [1.82, 2.24) is 14.8 Å². The molecule has 1 aliphatic heterocycles. The van der Waals surface area contributed by atoms with E-state index in [1.54, 1.807) is 0 Å². The first-order valence-corrected chi connectivity index (χ1v) is 10.8. The van der Waals surface area contributed by atoms with Crippen LogP contribution in [-0.2, 0) is 11.2 Å². The maximum atomic E-state index is 12.9. The molecule has 0 spiro atoms. The fraction of sp³-hybridized carbons (Fsp3) is 0.125. The molecule has 1 aliphatic rings. The molecule has 148 valence electrons. The van der Waals surface area contributed by atoms with Crippen molar-refractivity contribution in [1.29, 1.82) is 0 Å². The van der Waals surface area contributed by atoms with Crippen molar-refractivity contribution in [2.45, 2.75) is 23.2 Å². The molecule has 0 radical (unpaired) electrons. The predicted octanol–water partition coefficient (Wildman–Crippen LogP) is 4.98. The van der Waals surface area contributed by atoms with E-state index in [0.29, 0.717) is 5.16 Å². The Morgan fingerprint density at radius 1 is 0.867 bits per heavy atom. The first-order chi connectivity index (χ1) is 14.8. The number of anilines is 1. The van der Waals surface area contributed by atoms with Gasteiger partial charge in [-0.15, -0.1) is 10.2 Å². The van der Waals surface area contributed by atoms with Crippen LogP contribution in [0.15, 0.2) is 90.1 Å². The van der Waals surface area contributed by atoms with Crippen molar-refractivity contribution in [3.63, 3.8) is 0 Å². The summed E-state index contributed by atoms with van der Waals surface area (Å²) in [5.41, 5.74) is 4.03. The van der Waals surface area contributed by atoms with Gasteiger partial charge in [0.05, 0.1) is 5.25 Å². The first kappa shape index (κ1) is 18.6. The number of fused-ring (bicyclic) bond motifs is 1. The highest BCUT2D eigenvalue weighted by atomic mass is 32.2. The zero-order valence-electron chi connectivity index (χ0n) is 16.2. The number of carbonyl (C=O) groups excluding carboxylic acids is 1. The fourth-order valence-electron chi connectivity index (χ4n) is 3.66. The smallest absolute Gasteiger partial charge is 0.237 e. The van der Waals surface area contributed by atoms with Gasteiger partial charge >= 0.3 is 0 Å². The van der Waals surface area contributed by atoms with Gasteiger partial charge in [-0.25, -0.2) is 0 Å². The second-order valence-electron chi connectivity index (χ2n) is 7.13. The van der Waals surface area contributed by atoms with E-state index in [-0.39, 0.29) is 11.2 Å². The zero-order valence-corrected chi connectivity index (χ0v) is 17.0. The van der Waals surface area contributed by atoms with Crippen LogP contribution in [0.1, 0.15) is 12.0 Å². The number of aromatic nitrogens is 3. The lowest BCUT2D eigenvalue weighted by atomic mass is 10.1. The summed E-state index contributed by atoms with van der Waals surface area (Å²) in [4.78, 5) is 12.9. The van der Waals surface area contributed by atoms with Crippen LogP contribution in [0.25, 0.3) is 17.1 Å². The minimum atomic E-state index is -0.243. The quantitative estimate of drug-likeness (QED) is 0.514. The van der Waals surface area contributed by atoms with Crippen molar-refractivity contribution in [2.24, 2.45) is 0 Å². The van der Waals surface area contributed by atoms with Crippen LogP contribution in [0.2, 0.25) is 0 Å². The summed E-state index contributed by atoms with van der Waals surface area (Å²) in [5, 5.41) is 12.5. The Hall–Kier alpha value is -3.38. The van der Waals surface area contributed by atoms with E-state index >= 15 is 0 Å². The molecule has 0 saturated carbocycles. The van der Waals surface area contributed by atoms with Crippen LogP contribution < -0.4 is 5.32 Å². The van der Waals surface area contributed by atoms with E-state index in [2.05, 4.69) is 21.6 Å². The molecule has 1 atom stereocenters. The van der Waals surface area contributed by atoms with Gasteiger partial charge in [-0.3, -0.25) is 9.36 Å². The first-order valence-electron chi connectivity index (χ1n) is 9.91. The third-order valence-corrected chi connectivity index (χ3v) is 6.38. The van der Waals surface area contributed by atoms with Crippen molar-refractivity contribution in [3.05, 3.63) is 90.5 Å². The van der Waals surface area contributed by atoms with Gasteiger partial charge in [0.15, 0.2) is 11.0 Å². The van der Waals surface area contributed by atoms with Crippen LogP contribution in [0.4, 0.5) is 5.69 Å². The third-order valence-electron chi connectivity index (χ3n) is 5.17. The molecule has 1 N–H and O–H groups in total. The van der Waals surface area contributed by atoms with Crippen LogP contribution in [-0.4, -0.2) is 25.9 Å². The van der Waals surface area contributed by atoms with Gasteiger partial charge in [0.2, 0.25) is 5.91 Å². The lowest BCUT2D eigenvalue weighted by Crippen LogP contribution is -2.24. The molecule has 30 heavy (non-hydrogen) atoms. The summed E-state index contributed by atoms with van der Waals surface area (Å²) in [6, 6.07) is 28.0. The molecule has 6 heteroatoms. The molecule has 5 nitrogen and oxygen atoms in total. The van der Waals surface area contributed by atoms with E-state index in [1.165, 1.54) is 17.3 Å². The van der Waals surface area contributed by atoms with Gasteiger partial charge < -0.3 is 5.32 Å². The SMILES string of the molecule is O=C1Nc2ccccc2CC[C@@H]1Sc1nnc(-c2ccccc2)n1-c1ccccc1. The number of aryl methyl sites for hydroxylation is 1. The second-order valence-corrected chi connectivity index (χ2v) is 8.30. The highest BCUT2D eigenvalue weighted by Crippen LogP contribution is 2.34. The molecule has 0 fully saturated rings. The number of nitrogens with zero attached hydrogens (tertiary/aromatic N) is 3. The highest BCUT2D eigenvalue weighted by Gasteiger charge is 2.27. The third kappa shape index (κ3) is 3.62. The summed E-state index contributed by atoms with van der Waals surface area (Å²) in [7, 11) is 0. The van der Waals surface area contributed by atoms with Crippen LogP contribution in [0.3, 0.4) is 0 Å². The molecule has 4 aromatic rings. The van der Waals surface area contributed by atoms with Gasteiger partial charge in [-0.2, -0.15) is 0 Å². The molecular weight excluding hydrogens is 392 g/mol. The Labute approximate surface area is 179 Å². The minimum absolute atomic E-state index is 0.00817. The van der Waals surface area contributed by atoms with Crippen molar-refractivity contribution in [3.8, 4) is 17.1 Å². The van der Waals surface area contributed by atoms with Gasteiger partial charge in [-0.05, 0) is 36.6 Å². The maximum absolute atomic E-state index is 12.9. The van der Waals surface area contributed by atoms with Crippen molar-refractivity contribution < 1.29 is 4.79 Å². The number of carbonyl (C=O) groups is 1. The molecule has 1 amide bonds. The van der Waals surface area contributed by atoms with E-state index in [0.717, 1.165) is 35.6 Å². The Morgan fingerprint density at radius 3 is 2.37 bits per heavy atom. The number of thioether (sulfide) groups is 1. The molecule has 0 unspecified atom stereocenters. The number of hydrogen-bond donors (Lipinski definition) is 1. The largest absolute Gasteiger partial charge is 0.325 e. The molecule has 2 heterocycles. The summed E-state index contributed by atoms with van der Waals surface area (Å²) in [6.07, 6.45) is 1.59. The monoisotopic (exact) mass is 412 g/mol. The van der Waals surface area contributed by atoms with Gasteiger partial charge in [0.1, 0.15) is 0 Å². The van der Waals surface area contributed by atoms with Crippen LogP contribution >= 0.6 is 11.8 Å². The minimum Gasteiger partial charge on any atom is -0.325 e. The van der Waals surface area contributed by atoms with E-state index in [1.807, 2.05) is 83.4 Å². The number of amides is 1. The van der Waals surface area contributed by atoms with E-state index < -0.39 is 0 Å². The van der Waals surface area contributed by atoms with Crippen LogP contribution in [0, 0.1) is 0 Å². The second kappa shape index (κ2) is 8.16. The molecule has 1 aromatic heterocycles. The number of hydrogen-bond acceptors (Lipinski definition) is 4. The summed E-state index contributed by atoms with van der Waals surface area (Å²) in [5.74, 6) is 0.774. The highest BCUT2D eigenvalue weighted by molar-refractivity contribution is 8.00. The van der Waals surface area contributed by atoms with E-state index in [4.69, 9.17) is 0 Å². The standard InChI is InChI=1S/C24H20N4OS/c29-23-21(16-15-17-9-7-8-14-20(17)25-23)30-24-27-26-22(18-10-3-1-4-11-18)28(24)19-12-5-2-6-13-19/h1-14,21H,15-16H2,(H,25,29)/t21-/m0/s1. The Bertz CT molecular complexity index is 1170. The normalized spacial score (nSPS) is 15.9. The van der Waals surface area contributed by atoms with Gasteiger partial charge in [-0.1, -0.05) is 78.5 Å². The summed E-state index contributed by atoms with van der Waals surface area (Å²) < 4.78 is 2.03. The number of para-hydroxylation sites is 2. The molecule has 3 aromatic carbocycles. The fourth-order valence-corrected chi connectivity index (χ4v) is 4.70. The van der Waals surface area contributed by atoms with Crippen molar-refractivity contribution >= 4 is 23.4 Å². The molecule has 0 saturated heterocycles. The maximum Gasteiger partial charge on any atom is 0.237 e. The Morgan fingerprint density at radius 2 is 1.57 bits per heavy atom. The Balaban J connectivity index is 1.51. The summed E-state index contributed by atoms with van der Waals surface area (Å²) >= 11 is 1.47. The average molecular weight is 413 g/mol. The average Bonchev–Trinajstić information content (AvgIpc) is 3.14. The Kier molecular flexibility index (Phi) is 5.07. The van der Waals surface area contributed by atoms with Crippen LogP contribution in [0.5, 0.6) is 0 Å². The number of nitrogens with one attached hydrogen (secondary N) is 1. The topological polar surface area (TPSA) is 59.8 Å². The van der Waals surface area contributed by atoms with Gasteiger partial charge in [0.25, 0.3) is 0 Å². The number of benzene rings is 3.